The van der Waals surface area contributed by atoms with Gasteiger partial charge < -0.3 is 14.8 Å². The average molecular weight is 248 g/mol. The highest BCUT2D eigenvalue weighted by molar-refractivity contribution is 5.74. The summed E-state index contributed by atoms with van der Waals surface area (Å²) in [5, 5.41) is 13.8. The van der Waals surface area contributed by atoms with E-state index in [0.717, 1.165) is 30.5 Å². The molecule has 0 aliphatic carbocycles. The van der Waals surface area contributed by atoms with Gasteiger partial charge in [0.2, 0.25) is 0 Å². The molecule has 1 atom stereocenters. The maximum atomic E-state index is 11.4. The molecule has 3 rings (SSSR count). The molecule has 18 heavy (non-hydrogen) atoms. The predicted molar refractivity (Wildman–Crippen MR) is 67.5 cm³/mol. The van der Waals surface area contributed by atoms with Gasteiger partial charge in [-0.25, -0.2) is 4.79 Å². The smallest absolute Gasteiger partial charge is 0.408 e. The summed E-state index contributed by atoms with van der Waals surface area (Å²) in [6.45, 7) is 1.49. The summed E-state index contributed by atoms with van der Waals surface area (Å²) >= 11 is 0. The second-order valence-corrected chi connectivity index (χ2v) is 4.92. The molecule has 0 radical (unpaired) electrons. The fourth-order valence-electron chi connectivity index (χ4n) is 2.55. The first-order chi connectivity index (χ1) is 8.60. The number of nitrogens with one attached hydrogen (secondary N) is 1. The van der Waals surface area contributed by atoms with Crippen molar-refractivity contribution < 1.29 is 9.52 Å². The maximum Gasteiger partial charge on any atom is 0.419 e. The van der Waals surface area contributed by atoms with Crippen molar-refractivity contribution >= 4 is 11.1 Å². The fourth-order valence-corrected chi connectivity index (χ4v) is 2.55. The second kappa shape index (κ2) is 3.96. The van der Waals surface area contributed by atoms with E-state index in [2.05, 4.69) is 5.32 Å². The molecule has 1 saturated heterocycles. The highest BCUT2D eigenvalue weighted by atomic mass is 16.4. The molecular weight excluding hydrogens is 232 g/mol. The van der Waals surface area contributed by atoms with Crippen LogP contribution in [0.3, 0.4) is 0 Å². The fraction of sp³-hybridized carbons (Fsp3) is 0.462. The summed E-state index contributed by atoms with van der Waals surface area (Å²) in [6.07, 6.45) is 1.68. The number of aryl methyl sites for hydroxylation is 1. The standard InChI is InChI=1S/C13H16N2O3/c1-15-10-7-9(3-4-11(10)18-12(15)16)13(17)5-2-6-14-8-13/h3-4,7,14,17H,2,5-6,8H2,1H3. The quantitative estimate of drug-likeness (QED) is 0.779. The minimum absolute atomic E-state index is 0.379. The van der Waals surface area contributed by atoms with Crippen LogP contribution in [0.15, 0.2) is 27.4 Å². The lowest BCUT2D eigenvalue weighted by atomic mass is 9.86. The number of oxazole rings is 1. The lowest BCUT2D eigenvalue weighted by Gasteiger charge is -2.33. The number of nitrogens with zero attached hydrogens (tertiary/aromatic N) is 1. The number of aliphatic hydroxyl groups is 1. The van der Waals surface area contributed by atoms with E-state index in [-0.39, 0.29) is 5.76 Å². The van der Waals surface area contributed by atoms with E-state index in [1.807, 2.05) is 12.1 Å². The third kappa shape index (κ3) is 1.67. The van der Waals surface area contributed by atoms with Crippen LogP contribution in [0.2, 0.25) is 0 Å². The second-order valence-electron chi connectivity index (χ2n) is 4.92. The Hall–Kier alpha value is -1.59. The van der Waals surface area contributed by atoms with Crippen LogP contribution < -0.4 is 11.1 Å². The highest BCUT2D eigenvalue weighted by Crippen LogP contribution is 2.30. The van der Waals surface area contributed by atoms with Gasteiger partial charge in [0.15, 0.2) is 5.58 Å². The van der Waals surface area contributed by atoms with Crippen molar-refractivity contribution in [2.45, 2.75) is 18.4 Å². The molecule has 1 unspecified atom stereocenters. The molecule has 2 heterocycles. The summed E-state index contributed by atoms with van der Waals surface area (Å²) in [5.74, 6) is -0.379. The van der Waals surface area contributed by atoms with Crippen LogP contribution in [0.1, 0.15) is 18.4 Å². The van der Waals surface area contributed by atoms with E-state index in [9.17, 15) is 9.90 Å². The number of rotatable bonds is 1. The first kappa shape index (κ1) is 11.5. The van der Waals surface area contributed by atoms with Gasteiger partial charge in [-0.3, -0.25) is 4.57 Å². The Labute approximate surface area is 104 Å². The van der Waals surface area contributed by atoms with Crippen LogP contribution in [0, 0.1) is 0 Å². The largest absolute Gasteiger partial charge is 0.419 e. The van der Waals surface area contributed by atoms with Crippen LogP contribution >= 0.6 is 0 Å². The Morgan fingerprint density at radius 1 is 1.50 bits per heavy atom. The summed E-state index contributed by atoms with van der Waals surface area (Å²) in [4.78, 5) is 11.4. The van der Waals surface area contributed by atoms with Crippen molar-refractivity contribution in [2.75, 3.05) is 13.1 Å². The summed E-state index contributed by atoms with van der Waals surface area (Å²) in [6, 6.07) is 5.42. The molecular formula is C13H16N2O3. The molecule has 2 aromatic rings. The maximum absolute atomic E-state index is 11.4. The molecule has 5 heteroatoms. The van der Waals surface area contributed by atoms with Gasteiger partial charge >= 0.3 is 5.76 Å². The minimum Gasteiger partial charge on any atom is -0.408 e. The van der Waals surface area contributed by atoms with E-state index in [1.165, 1.54) is 4.57 Å². The van der Waals surface area contributed by atoms with Gasteiger partial charge in [-0.15, -0.1) is 0 Å². The first-order valence-electron chi connectivity index (χ1n) is 6.13. The first-order valence-corrected chi connectivity index (χ1v) is 6.13. The molecule has 2 N–H and O–H groups in total. The molecule has 96 valence electrons. The van der Waals surface area contributed by atoms with Gasteiger partial charge in [0.05, 0.1) is 5.52 Å². The third-order valence-electron chi connectivity index (χ3n) is 3.69. The average Bonchev–Trinajstić information content (AvgIpc) is 2.66. The van der Waals surface area contributed by atoms with Crippen molar-refractivity contribution in [3.05, 3.63) is 34.3 Å². The molecule has 5 nitrogen and oxygen atoms in total. The molecule has 0 bridgehead atoms. The topological polar surface area (TPSA) is 67.4 Å². The summed E-state index contributed by atoms with van der Waals surface area (Å²) < 4.78 is 6.54. The van der Waals surface area contributed by atoms with Crippen LogP contribution in [-0.4, -0.2) is 22.8 Å². The van der Waals surface area contributed by atoms with E-state index in [1.54, 1.807) is 13.1 Å². The van der Waals surface area contributed by atoms with Gasteiger partial charge in [0.1, 0.15) is 5.60 Å². The van der Waals surface area contributed by atoms with Crippen molar-refractivity contribution in [2.24, 2.45) is 7.05 Å². The Morgan fingerprint density at radius 2 is 2.33 bits per heavy atom. The molecule has 1 fully saturated rings. The summed E-state index contributed by atoms with van der Waals surface area (Å²) in [5.41, 5.74) is 1.26. The zero-order valence-electron chi connectivity index (χ0n) is 10.3. The van der Waals surface area contributed by atoms with Gasteiger partial charge in [-0.05, 0) is 37.1 Å². The van der Waals surface area contributed by atoms with E-state index in [0.29, 0.717) is 12.1 Å². The van der Waals surface area contributed by atoms with Crippen LogP contribution in [0.4, 0.5) is 0 Å². The molecule has 1 aromatic carbocycles. The Morgan fingerprint density at radius 3 is 3.06 bits per heavy atom. The number of piperidine rings is 1. The van der Waals surface area contributed by atoms with E-state index in [4.69, 9.17) is 4.42 Å². The zero-order chi connectivity index (χ0) is 12.8. The number of benzene rings is 1. The Balaban J connectivity index is 2.12. The Kier molecular flexibility index (Phi) is 2.53. The third-order valence-corrected chi connectivity index (χ3v) is 3.69. The van der Waals surface area contributed by atoms with Crippen molar-refractivity contribution in [3.8, 4) is 0 Å². The van der Waals surface area contributed by atoms with Crippen LogP contribution in [0.25, 0.3) is 11.1 Å². The minimum atomic E-state index is -0.847. The molecule has 1 aliphatic heterocycles. The van der Waals surface area contributed by atoms with Gasteiger partial charge in [0, 0.05) is 13.6 Å². The number of aromatic nitrogens is 1. The zero-order valence-corrected chi connectivity index (χ0v) is 10.3. The van der Waals surface area contributed by atoms with Crippen molar-refractivity contribution in [3.63, 3.8) is 0 Å². The summed E-state index contributed by atoms with van der Waals surface area (Å²) in [7, 11) is 1.67. The number of fused-ring (bicyclic) bond motifs is 1. The van der Waals surface area contributed by atoms with Gasteiger partial charge in [0.25, 0.3) is 0 Å². The SMILES string of the molecule is Cn1c(=O)oc2ccc(C3(O)CCCNC3)cc21. The predicted octanol–water partition coefficient (Wildman–Crippen LogP) is 0.702. The lowest BCUT2D eigenvalue weighted by Crippen LogP contribution is -2.43. The molecule has 0 amide bonds. The molecule has 1 aromatic heterocycles. The Bertz CT molecular complexity index is 635. The number of hydrogen-bond donors (Lipinski definition) is 2. The normalized spacial score (nSPS) is 24.6. The van der Waals surface area contributed by atoms with Crippen LogP contribution in [0.5, 0.6) is 0 Å². The number of β-amino-alcohol motifs (C(OH)–C–C–N with tert-alkyl or cyclic N) is 1. The van der Waals surface area contributed by atoms with Gasteiger partial charge in [-0.1, -0.05) is 6.07 Å². The van der Waals surface area contributed by atoms with Crippen LogP contribution in [-0.2, 0) is 12.6 Å². The van der Waals surface area contributed by atoms with Gasteiger partial charge in [-0.2, -0.15) is 0 Å². The molecule has 0 spiro atoms. The van der Waals surface area contributed by atoms with Crippen molar-refractivity contribution in [1.29, 1.82) is 0 Å². The molecule has 1 aliphatic rings. The van der Waals surface area contributed by atoms with E-state index >= 15 is 0 Å². The monoisotopic (exact) mass is 248 g/mol. The number of hydrogen-bond acceptors (Lipinski definition) is 4. The highest BCUT2D eigenvalue weighted by Gasteiger charge is 2.31. The van der Waals surface area contributed by atoms with E-state index < -0.39 is 5.60 Å². The molecule has 0 saturated carbocycles. The lowest BCUT2D eigenvalue weighted by molar-refractivity contribution is 0.0124. The van der Waals surface area contributed by atoms with Crippen molar-refractivity contribution in [1.82, 2.24) is 9.88 Å².